The van der Waals surface area contributed by atoms with Gasteiger partial charge in [0.15, 0.2) is 0 Å². The van der Waals surface area contributed by atoms with Gasteiger partial charge in [-0.2, -0.15) is 0 Å². The van der Waals surface area contributed by atoms with Gasteiger partial charge in [0, 0.05) is 9.45 Å². The summed E-state index contributed by atoms with van der Waals surface area (Å²) < 4.78 is 12.2. The van der Waals surface area contributed by atoms with Crippen LogP contribution in [0.3, 0.4) is 0 Å². The molecule has 1 aromatic rings. The maximum absolute atomic E-state index is 12.2. The first-order valence-corrected chi connectivity index (χ1v) is 9.57. The molecule has 0 N–H and O–H groups in total. The molecular formula is C18H26ClIO3. The molecule has 0 aliphatic rings. The molecule has 130 valence electrons. The Kier molecular flexibility index (Phi) is 9.47. The van der Waals surface area contributed by atoms with Crippen LogP contribution in [0.1, 0.15) is 45.1 Å². The SMILES string of the molecule is CC[C@H](C[C@](C)(CCCCl)C(=O)OC)OCc1ccc(I)cc1. The van der Waals surface area contributed by atoms with Crippen molar-refractivity contribution in [2.75, 3.05) is 13.0 Å². The molecule has 0 aliphatic carbocycles. The van der Waals surface area contributed by atoms with Gasteiger partial charge in [-0.05, 0) is 72.9 Å². The molecular weight excluding hydrogens is 427 g/mol. The van der Waals surface area contributed by atoms with Crippen molar-refractivity contribution in [2.45, 2.75) is 52.2 Å². The molecule has 0 saturated carbocycles. The van der Waals surface area contributed by atoms with Crippen molar-refractivity contribution in [3.63, 3.8) is 0 Å². The Bertz CT molecular complexity index is 478. The molecule has 5 heteroatoms. The molecule has 0 bridgehead atoms. The van der Waals surface area contributed by atoms with Gasteiger partial charge in [-0.15, -0.1) is 11.6 Å². The predicted octanol–water partition coefficient (Wildman–Crippen LogP) is 5.17. The Morgan fingerprint density at radius 2 is 2.00 bits per heavy atom. The van der Waals surface area contributed by atoms with Crippen LogP contribution < -0.4 is 0 Å². The zero-order valence-electron chi connectivity index (χ0n) is 14.1. The molecule has 0 radical (unpaired) electrons. The summed E-state index contributed by atoms with van der Waals surface area (Å²) in [6.07, 6.45) is 3.04. The van der Waals surface area contributed by atoms with E-state index in [2.05, 4.69) is 53.8 Å². The summed E-state index contributed by atoms with van der Waals surface area (Å²) in [7, 11) is 1.44. The minimum absolute atomic E-state index is 0.0219. The van der Waals surface area contributed by atoms with E-state index >= 15 is 0 Å². The second-order valence-corrected chi connectivity index (χ2v) is 7.64. The highest BCUT2D eigenvalue weighted by Gasteiger charge is 2.36. The van der Waals surface area contributed by atoms with Crippen LogP contribution in [-0.4, -0.2) is 25.1 Å². The minimum Gasteiger partial charge on any atom is -0.469 e. The molecule has 0 heterocycles. The smallest absolute Gasteiger partial charge is 0.311 e. The summed E-state index contributed by atoms with van der Waals surface area (Å²) in [5.41, 5.74) is 0.598. The molecule has 0 unspecified atom stereocenters. The first-order chi connectivity index (χ1) is 10.9. The molecule has 0 spiro atoms. The summed E-state index contributed by atoms with van der Waals surface area (Å²) in [6.45, 7) is 4.59. The Morgan fingerprint density at radius 1 is 1.35 bits per heavy atom. The van der Waals surface area contributed by atoms with Crippen molar-refractivity contribution in [3.8, 4) is 0 Å². The highest BCUT2D eigenvalue weighted by molar-refractivity contribution is 14.1. The predicted molar refractivity (Wildman–Crippen MR) is 103 cm³/mol. The van der Waals surface area contributed by atoms with Gasteiger partial charge in [-0.3, -0.25) is 4.79 Å². The normalized spacial score (nSPS) is 15.0. The molecule has 1 aromatic carbocycles. The van der Waals surface area contributed by atoms with Crippen LogP contribution >= 0.6 is 34.2 Å². The van der Waals surface area contributed by atoms with Gasteiger partial charge >= 0.3 is 5.97 Å². The van der Waals surface area contributed by atoms with Crippen LogP contribution in [0.4, 0.5) is 0 Å². The van der Waals surface area contributed by atoms with E-state index in [1.807, 2.05) is 6.92 Å². The number of esters is 1. The lowest BCUT2D eigenvalue weighted by Gasteiger charge is -2.30. The Morgan fingerprint density at radius 3 is 2.52 bits per heavy atom. The lowest BCUT2D eigenvalue weighted by molar-refractivity contribution is -0.155. The van der Waals surface area contributed by atoms with Crippen molar-refractivity contribution < 1.29 is 14.3 Å². The van der Waals surface area contributed by atoms with E-state index in [4.69, 9.17) is 21.1 Å². The average Bonchev–Trinajstić information content (AvgIpc) is 2.57. The van der Waals surface area contributed by atoms with E-state index < -0.39 is 5.41 Å². The van der Waals surface area contributed by atoms with E-state index in [1.54, 1.807) is 0 Å². The van der Waals surface area contributed by atoms with E-state index in [9.17, 15) is 4.79 Å². The number of alkyl halides is 1. The molecule has 0 saturated heterocycles. The van der Waals surface area contributed by atoms with Gasteiger partial charge < -0.3 is 9.47 Å². The van der Waals surface area contributed by atoms with Crippen molar-refractivity contribution in [1.82, 2.24) is 0 Å². The number of methoxy groups -OCH3 is 1. The Balaban J connectivity index is 2.66. The van der Waals surface area contributed by atoms with Crippen molar-refractivity contribution in [2.24, 2.45) is 5.41 Å². The van der Waals surface area contributed by atoms with Crippen LogP contribution in [0.15, 0.2) is 24.3 Å². The van der Waals surface area contributed by atoms with E-state index in [0.717, 1.165) is 18.4 Å². The third kappa shape index (κ3) is 6.98. The van der Waals surface area contributed by atoms with Gasteiger partial charge in [0.2, 0.25) is 0 Å². The van der Waals surface area contributed by atoms with E-state index in [1.165, 1.54) is 10.7 Å². The topological polar surface area (TPSA) is 35.5 Å². The number of rotatable bonds is 10. The monoisotopic (exact) mass is 452 g/mol. The fourth-order valence-corrected chi connectivity index (χ4v) is 3.10. The Labute approximate surface area is 158 Å². The molecule has 0 fully saturated rings. The zero-order valence-corrected chi connectivity index (χ0v) is 17.0. The molecule has 0 aliphatic heterocycles. The second kappa shape index (κ2) is 10.5. The van der Waals surface area contributed by atoms with Crippen LogP contribution in [0, 0.1) is 8.99 Å². The van der Waals surface area contributed by atoms with Crippen LogP contribution in [0.25, 0.3) is 0 Å². The number of carbonyl (C=O) groups excluding carboxylic acids is 1. The molecule has 3 nitrogen and oxygen atoms in total. The number of ether oxygens (including phenoxy) is 2. The summed E-state index contributed by atoms with van der Waals surface area (Å²) >= 11 is 8.08. The highest BCUT2D eigenvalue weighted by Crippen LogP contribution is 2.33. The lowest BCUT2D eigenvalue weighted by Crippen LogP contribution is -2.34. The van der Waals surface area contributed by atoms with Gasteiger partial charge in [0.05, 0.1) is 25.2 Å². The first-order valence-electron chi connectivity index (χ1n) is 7.95. The summed E-state index contributed by atoms with van der Waals surface area (Å²) in [5, 5.41) is 0. The van der Waals surface area contributed by atoms with Gasteiger partial charge in [-0.1, -0.05) is 19.1 Å². The van der Waals surface area contributed by atoms with Gasteiger partial charge in [0.1, 0.15) is 0 Å². The van der Waals surface area contributed by atoms with Gasteiger partial charge in [-0.25, -0.2) is 0 Å². The number of carbonyl (C=O) groups is 1. The molecule has 2 atom stereocenters. The standard InChI is InChI=1S/C18H26ClIO3/c1-4-16(23-13-14-6-8-15(20)9-7-14)12-18(2,10-5-11-19)17(21)22-3/h6-9,16H,4-5,10-13H2,1-3H3/t16-,18+/m1/s1. The second-order valence-electron chi connectivity index (χ2n) is 6.02. The van der Waals surface area contributed by atoms with E-state index in [0.29, 0.717) is 25.3 Å². The fourth-order valence-electron chi connectivity index (χ4n) is 2.61. The highest BCUT2D eigenvalue weighted by atomic mass is 127. The van der Waals surface area contributed by atoms with E-state index in [-0.39, 0.29) is 12.1 Å². The lowest BCUT2D eigenvalue weighted by atomic mass is 9.80. The maximum Gasteiger partial charge on any atom is 0.311 e. The molecule has 23 heavy (non-hydrogen) atoms. The van der Waals surface area contributed by atoms with Gasteiger partial charge in [0.25, 0.3) is 0 Å². The fraction of sp³-hybridized carbons (Fsp3) is 0.611. The quantitative estimate of drug-likeness (QED) is 0.279. The summed E-state index contributed by atoms with van der Waals surface area (Å²) in [5.74, 6) is 0.367. The summed E-state index contributed by atoms with van der Waals surface area (Å²) in [4.78, 5) is 12.2. The largest absolute Gasteiger partial charge is 0.469 e. The Hall–Kier alpha value is -0.330. The number of halogens is 2. The minimum atomic E-state index is -0.545. The zero-order chi connectivity index (χ0) is 17.3. The number of benzene rings is 1. The third-order valence-electron chi connectivity index (χ3n) is 4.07. The van der Waals surface area contributed by atoms with Crippen LogP contribution in [0.5, 0.6) is 0 Å². The third-order valence-corrected chi connectivity index (χ3v) is 5.06. The van der Waals surface area contributed by atoms with Crippen LogP contribution in [0.2, 0.25) is 0 Å². The molecule has 1 rings (SSSR count). The first kappa shape index (κ1) is 20.7. The van der Waals surface area contributed by atoms with Crippen molar-refractivity contribution in [1.29, 1.82) is 0 Å². The summed E-state index contributed by atoms with van der Waals surface area (Å²) in [6, 6.07) is 8.28. The maximum atomic E-state index is 12.2. The molecule has 0 amide bonds. The van der Waals surface area contributed by atoms with Crippen molar-refractivity contribution >= 4 is 40.2 Å². The molecule has 0 aromatic heterocycles. The van der Waals surface area contributed by atoms with Crippen LogP contribution in [-0.2, 0) is 20.9 Å². The number of hydrogen-bond donors (Lipinski definition) is 0. The number of hydrogen-bond acceptors (Lipinski definition) is 3. The average molecular weight is 453 g/mol. The van der Waals surface area contributed by atoms with Crippen molar-refractivity contribution in [3.05, 3.63) is 33.4 Å².